The van der Waals surface area contributed by atoms with Gasteiger partial charge in [0, 0.05) is 35.7 Å². The number of halogens is 1. The molecule has 0 aliphatic heterocycles. The first-order chi connectivity index (χ1) is 16.3. The molecule has 10 heteroatoms. The van der Waals surface area contributed by atoms with E-state index in [-0.39, 0.29) is 11.5 Å². The number of imidazole rings is 1. The van der Waals surface area contributed by atoms with Crippen molar-refractivity contribution < 1.29 is 14.3 Å². The molecule has 0 atom stereocenters. The van der Waals surface area contributed by atoms with E-state index < -0.39 is 11.9 Å². The minimum atomic E-state index is -1.17. The normalized spacial score (nSPS) is 11.3. The maximum atomic E-state index is 14.9. The molecule has 9 nitrogen and oxygen atoms in total. The summed E-state index contributed by atoms with van der Waals surface area (Å²) in [5.74, 6) is -0.303. The van der Waals surface area contributed by atoms with E-state index in [1.807, 2.05) is 12.1 Å². The van der Waals surface area contributed by atoms with Crippen molar-refractivity contribution >= 4 is 34.0 Å². The van der Waals surface area contributed by atoms with E-state index in [9.17, 15) is 19.1 Å². The van der Waals surface area contributed by atoms with Gasteiger partial charge in [0.1, 0.15) is 11.3 Å². The Hall–Kier alpha value is -4.60. The van der Waals surface area contributed by atoms with Crippen molar-refractivity contribution in [2.75, 3.05) is 11.9 Å². The van der Waals surface area contributed by atoms with Crippen molar-refractivity contribution in [3.05, 3.63) is 81.7 Å². The molecular weight excluding hydrogens is 439 g/mol. The molecule has 34 heavy (non-hydrogen) atoms. The lowest BCUT2D eigenvalue weighted by molar-refractivity contribution is 0.203. The van der Waals surface area contributed by atoms with E-state index in [0.29, 0.717) is 45.5 Å². The maximum Gasteiger partial charge on any atom is 0.413 e. The Morgan fingerprint density at radius 1 is 1.09 bits per heavy atom. The molecule has 0 aliphatic carbocycles. The Kier molecular flexibility index (Phi) is 5.05. The van der Waals surface area contributed by atoms with E-state index in [4.69, 9.17) is 0 Å². The quantitative estimate of drug-likeness (QED) is 0.373. The number of H-pyrrole nitrogens is 2. The predicted octanol–water partition coefficient (Wildman–Crippen LogP) is 4.01. The Morgan fingerprint density at radius 2 is 1.85 bits per heavy atom. The summed E-state index contributed by atoms with van der Waals surface area (Å²) in [7, 11) is 1.37. The molecule has 0 aliphatic rings. The summed E-state index contributed by atoms with van der Waals surface area (Å²) < 4.78 is 14.9. The van der Waals surface area contributed by atoms with Gasteiger partial charge in [0.05, 0.1) is 11.1 Å². The lowest BCUT2D eigenvalue weighted by Crippen LogP contribution is -2.24. The number of benzene rings is 2. The van der Waals surface area contributed by atoms with Gasteiger partial charge in [0.25, 0.3) is 5.56 Å². The van der Waals surface area contributed by atoms with Crippen LogP contribution in [0.4, 0.5) is 15.1 Å². The Morgan fingerprint density at radius 3 is 2.62 bits per heavy atom. The molecule has 3 N–H and O–H groups in total. The third-order valence-corrected chi connectivity index (χ3v) is 5.72. The minimum absolute atomic E-state index is 0.122. The highest BCUT2D eigenvalue weighted by Gasteiger charge is 2.17. The molecule has 5 rings (SSSR count). The number of nitrogens with one attached hydrogen (secondary N) is 2. The predicted molar refractivity (Wildman–Crippen MR) is 126 cm³/mol. The van der Waals surface area contributed by atoms with Gasteiger partial charge < -0.3 is 10.1 Å². The first-order valence-electron chi connectivity index (χ1n) is 10.4. The fraction of sp³-hybridized carbons (Fsp3) is 0.125. The molecule has 5 aromatic rings. The van der Waals surface area contributed by atoms with Crippen LogP contribution in [0.25, 0.3) is 33.1 Å². The second kappa shape index (κ2) is 8.07. The van der Waals surface area contributed by atoms with Gasteiger partial charge >= 0.3 is 6.09 Å². The molecule has 0 radical (unpaired) electrons. The largest absolute Gasteiger partial charge is 0.465 e. The standard InChI is InChI=1S/C24H19FN6O3/c1-12-16(11-20-21(26-12)28-23(27-20)31(2)24(33)34)17-9-13(7-8-18(17)25)10-19-14-5-3-4-6-15(14)22(32)30-29-19/h3-9,11H,10H2,1-2H3,(H,30,32)(H,33,34)(H,26,27,28). The summed E-state index contributed by atoms with van der Waals surface area (Å²) in [6.45, 7) is 1.75. The van der Waals surface area contributed by atoms with Crippen molar-refractivity contribution in [2.24, 2.45) is 0 Å². The topological polar surface area (TPSA) is 128 Å². The first-order valence-corrected chi connectivity index (χ1v) is 10.4. The van der Waals surface area contributed by atoms with Gasteiger partial charge in [-0.3, -0.25) is 9.69 Å². The minimum Gasteiger partial charge on any atom is -0.465 e. The van der Waals surface area contributed by atoms with Gasteiger partial charge in [0.15, 0.2) is 5.65 Å². The lowest BCUT2D eigenvalue weighted by Gasteiger charge is -2.10. The molecule has 0 unspecified atom stereocenters. The monoisotopic (exact) mass is 458 g/mol. The van der Waals surface area contributed by atoms with Gasteiger partial charge in [-0.1, -0.05) is 24.3 Å². The molecule has 170 valence electrons. The lowest BCUT2D eigenvalue weighted by atomic mass is 9.98. The fourth-order valence-corrected chi connectivity index (χ4v) is 3.93. The SMILES string of the molecule is Cc1nc2[nH]c(N(C)C(=O)O)nc2cc1-c1cc(Cc2n[nH]c(=O)c3ccccc23)ccc1F. The number of hydrogen-bond acceptors (Lipinski definition) is 5. The van der Waals surface area contributed by atoms with Crippen LogP contribution in [0.1, 0.15) is 17.0 Å². The molecule has 0 bridgehead atoms. The number of aryl methyl sites for hydroxylation is 1. The average Bonchev–Trinajstić information content (AvgIpc) is 3.24. The second-order valence-corrected chi connectivity index (χ2v) is 7.93. The number of fused-ring (bicyclic) bond motifs is 2. The number of hydrogen-bond donors (Lipinski definition) is 3. The van der Waals surface area contributed by atoms with Crippen LogP contribution in [0.15, 0.2) is 53.3 Å². The van der Waals surface area contributed by atoms with Crippen molar-refractivity contribution in [3.63, 3.8) is 0 Å². The summed E-state index contributed by atoms with van der Waals surface area (Å²) in [6.07, 6.45) is -0.784. The smallest absolute Gasteiger partial charge is 0.413 e. The van der Waals surface area contributed by atoms with E-state index in [1.54, 1.807) is 37.3 Å². The molecule has 3 aromatic heterocycles. The van der Waals surface area contributed by atoms with Crippen LogP contribution in [0.2, 0.25) is 0 Å². The van der Waals surface area contributed by atoms with Crippen molar-refractivity contribution in [2.45, 2.75) is 13.3 Å². The zero-order chi connectivity index (χ0) is 24.0. The number of rotatable bonds is 4. The summed E-state index contributed by atoms with van der Waals surface area (Å²) in [5, 5.41) is 17.2. The Bertz CT molecular complexity index is 1640. The highest BCUT2D eigenvalue weighted by Crippen LogP contribution is 2.30. The number of aromatic nitrogens is 5. The van der Waals surface area contributed by atoms with Crippen molar-refractivity contribution in [3.8, 4) is 11.1 Å². The molecule has 3 heterocycles. The Balaban J connectivity index is 1.57. The van der Waals surface area contributed by atoms with Gasteiger partial charge in [-0.05, 0) is 36.8 Å². The molecule has 0 saturated carbocycles. The fourth-order valence-electron chi connectivity index (χ4n) is 3.93. The molecule has 0 spiro atoms. The molecular formula is C24H19FN6O3. The summed E-state index contributed by atoms with van der Waals surface area (Å²) >= 11 is 0. The third kappa shape index (κ3) is 3.64. The zero-order valence-electron chi connectivity index (χ0n) is 18.3. The zero-order valence-corrected chi connectivity index (χ0v) is 18.3. The van der Waals surface area contributed by atoms with Gasteiger partial charge in [-0.2, -0.15) is 5.10 Å². The van der Waals surface area contributed by atoms with Crippen molar-refractivity contribution in [1.29, 1.82) is 0 Å². The number of anilines is 1. The molecule has 2 aromatic carbocycles. The van der Waals surface area contributed by atoms with Crippen molar-refractivity contribution in [1.82, 2.24) is 25.1 Å². The number of aromatic amines is 2. The van der Waals surface area contributed by atoms with Crippen LogP contribution in [0, 0.1) is 12.7 Å². The number of carbonyl (C=O) groups is 1. The third-order valence-electron chi connectivity index (χ3n) is 5.72. The average molecular weight is 458 g/mol. The molecule has 1 amide bonds. The maximum absolute atomic E-state index is 14.9. The number of carboxylic acid groups (broad SMARTS) is 1. The number of nitrogens with zero attached hydrogens (tertiary/aromatic N) is 4. The van der Waals surface area contributed by atoms with Crippen LogP contribution in [-0.4, -0.2) is 43.4 Å². The number of pyridine rings is 1. The summed E-state index contributed by atoms with van der Waals surface area (Å²) in [5.41, 5.74) is 3.48. The van der Waals surface area contributed by atoms with Gasteiger partial charge in [-0.15, -0.1) is 0 Å². The summed E-state index contributed by atoms with van der Waals surface area (Å²) in [6, 6.07) is 13.7. The van der Waals surface area contributed by atoms with Crippen LogP contribution in [0.5, 0.6) is 0 Å². The van der Waals surface area contributed by atoms with Gasteiger partial charge in [0.2, 0.25) is 5.95 Å². The van der Waals surface area contributed by atoms with Crippen LogP contribution < -0.4 is 10.5 Å². The van der Waals surface area contributed by atoms with Crippen LogP contribution in [0.3, 0.4) is 0 Å². The molecule has 0 fully saturated rings. The van der Waals surface area contributed by atoms with Gasteiger partial charge in [-0.25, -0.2) is 24.3 Å². The van der Waals surface area contributed by atoms with Crippen LogP contribution in [-0.2, 0) is 6.42 Å². The summed E-state index contributed by atoms with van der Waals surface area (Å²) in [4.78, 5) is 35.9. The van der Waals surface area contributed by atoms with E-state index in [2.05, 4.69) is 25.1 Å². The van der Waals surface area contributed by atoms with E-state index in [1.165, 1.54) is 13.1 Å². The highest BCUT2D eigenvalue weighted by molar-refractivity contribution is 5.88. The Labute approximate surface area is 191 Å². The van der Waals surface area contributed by atoms with E-state index >= 15 is 0 Å². The second-order valence-electron chi connectivity index (χ2n) is 7.93. The first kappa shape index (κ1) is 21.3. The highest BCUT2D eigenvalue weighted by atomic mass is 19.1. The van der Waals surface area contributed by atoms with Crippen LogP contribution >= 0.6 is 0 Å². The molecule has 0 saturated heterocycles. The van der Waals surface area contributed by atoms with E-state index in [0.717, 1.165) is 15.8 Å². The number of amides is 1.